The Morgan fingerprint density at radius 2 is 2.20 bits per heavy atom. The molecule has 0 saturated carbocycles. The van der Waals surface area contributed by atoms with Crippen LogP contribution in [0.4, 0.5) is 0 Å². The van der Waals surface area contributed by atoms with E-state index in [1.54, 1.807) is 12.1 Å². The highest BCUT2D eigenvalue weighted by molar-refractivity contribution is 7.53. The lowest BCUT2D eigenvalue weighted by molar-refractivity contribution is 0.382. The zero-order valence-electron chi connectivity index (χ0n) is 8.72. The molecule has 1 rings (SSSR count). The molecule has 0 fully saturated rings. The molecular weight excluding hydrogens is 211 g/mol. The van der Waals surface area contributed by atoms with E-state index in [2.05, 4.69) is 6.58 Å². The maximum absolute atomic E-state index is 11.5. The summed E-state index contributed by atoms with van der Waals surface area (Å²) in [7, 11) is -3.57. The number of para-hydroxylation sites is 1. The SMILES string of the molecule is C=CCP(=O)(O)Oc1ccccc1CC. The second kappa shape index (κ2) is 5.15. The first-order valence-corrected chi connectivity index (χ1v) is 6.55. The Hall–Kier alpha value is -1.05. The van der Waals surface area contributed by atoms with Gasteiger partial charge in [-0.25, -0.2) is 4.57 Å². The zero-order chi connectivity index (χ0) is 11.3. The molecule has 0 aliphatic carbocycles. The van der Waals surface area contributed by atoms with Gasteiger partial charge in [0.05, 0.1) is 6.16 Å². The number of allylic oxidation sites excluding steroid dienone is 1. The molecule has 82 valence electrons. The van der Waals surface area contributed by atoms with Crippen molar-refractivity contribution in [1.82, 2.24) is 0 Å². The Balaban J connectivity index is 2.88. The predicted molar refractivity (Wildman–Crippen MR) is 61.3 cm³/mol. The van der Waals surface area contributed by atoms with Gasteiger partial charge in [-0.05, 0) is 18.1 Å². The molecule has 1 aromatic carbocycles. The molecule has 1 unspecified atom stereocenters. The van der Waals surface area contributed by atoms with E-state index in [0.717, 1.165) is 12.0 Å². The zero-order valence-corrected chi connectivity index (χ0v) is 9.61. The van der Waals surface area contributed by atoms with Crippen LogP contribution >= 0.6 is 7.60 Å². The molecule has 3 nitrogen and oxygen atoms in total. The van der Waals surface area contributed by atoms with Crippen molar-refractivity contribution in [3.63, 3.8) is 0 Å². The average molecular weight is 226 g/mol. The highest BCUT2D eigenvalue weighted by Gasteiger charge is 2.19. The summed E-state index contributed by atoms with van der Waals surface area (Å²) in [6, 6.07) is 7.23. The van der Waals surface area contributed by atoms with Gasteiger partial charge in [0.25, 0.3) is 0 Å². The molecule has 15 heavy (non-hydrogen) atoms. The van der Waals surface area contributed by atoms with Crippen molar-refractivity contribution in [3.8, 4) is 5.75 Å². The Kier molecular flexibility index (Phi) is 4.13. The van der Waals surface area contributed by atoms with Crippen molar-refractivity contribution >= 4 is 7.60 Å². The monoisotopic (exact) mass is 226 g/mol. The molecule has 0 spiro atoms. The first-order chi connectivity index (χ1) is 7.09. The number of hydrogen-bond acceptors (Lipinski definition) is 2. The van der Waals surface area contributed by atoms with Gasteiger partial charge in [-0.2, -0.15) is 0 Å². The Labute approximate surface area is 89.9 Å². The smallest absolute Gasteiger partial charge is 0.380 e. The van der Waals surface area contributed by atoms with Gasteiger partial charge in [0.2, 0.25) is 0 Å². The molecule has 0 aliphatic rings. The van der Waals surface area contributed by atoms with Crippen LogP contribution in [0.25, 0.3) is 0 Å². The lowest BCUT2D eigenvalue weighted by Crippen LogP contribution is -1.97. The summed E-state index contributed by atoms with van der Waals surface area (Å²) < 4.78 is 16.6. The minimum absolute atomic E-state index is 0.0367. The highest BCUT2D eigenvalue weighted by atomic mass is 31.2. The van der Waals surface area contributed by atoms with E-state index in [0.29, 0.717) is 5.75 Å². The van der Waals surface area contributed by atoms with Crippen molar-refractivity contribution in [2.45, 2.75) is 13.3 Å². The van der Waals surface area contributed by atoms with E-state index in [1.807, 2.05) is 19.1 Å². The summed E-state index contributed by atoms with van der Waals surface area (Å²) in [6.45, 7) is 5.39. The Bertz CT molecular complexity index is 387. The first kappa shape index (κ1) is 12.0. The number of rotatable bonds is 5. The summed E-state index contributed by atoms with van der Waals surface area (Å²) in [5, 5.41) is 0. The highest BCUT2D eigenvalue weighted by Crippen LogP contribution is 2.43. The van der Waals surface area contributed by atoms with Gasteiger partial charge >= 0.3 is 7.60 Å². The van der Waals surface area contributed by atoms with E-state index in [9.17, 15) is 9.46 Å². The van der Waals surface area contributed by atoms with Gasteiger partial charge in [-0.3, -0.25) is 0 Å². The maximum Gasteiger partial charge on any atom is 0.380 e. The van der Waals surface area contributed by atoms with Crippen LogP contribution in [-0.4, -0.2) is 11.1 Å². The van der Waals surface area contributed by atoms with Gasteiger partial charge < -0.3 is 9.42 Å². The quantitative estimate of drug-likeness (QED) is 0.620. The fraction of sp³-hybridized carbons (Fsp3) is 0.273. The third-order valence-electron chi connectivity index (χ3n) is 1.95. The van der Waals surface area contributed by atoms with Crippen LogP contribution < -0.4 is 4.52 Å². The molecule has 0 radical (unpaired) electrons. The summed E-state index contributed by atoms with van der Waals surface area (Å²) >= 11 is 0. The molecule has 0 saturated heterocycles. The second-order valence-corrected chi connectivity index (χ2v) is 4.98. The molecule has 0 heterocycles. The molecule has 1 atom stereocenters. The van der Waals surface area contributed by atoms with Crippen molar-refractivity contribution < 1.29 is 14.0 Å². The molecule has 1 aromatic rings. The second-order valence-electron chi connectivity index (χ2n) is 3.16. The predicted octanol–water partition coefficient (Wildman–Crippen LogP) is 3.00. The topological polar surface area (TPSA) is 46.5 Å². The van der Waals surface area contributed by atoms with Crippen molar-refractivity contribution in [1.29, 1.82) is 0 Å². The van der Waals surface area contributed by atoms with Crippen LogP contribution in [0.1, 0.15) is 12.5 Å². The standard InChI is InChI=1S/C11H15O3P/c1-3-9-15(12,13)14-11-8-6-5-7-10(11)4-2/h3,5-8H,1,4,9H2,2H3,(H,12,13). The van der Waals surface area contributed by atoms with Gasteiger partial charge in [0.1, 0.15) is 5.75 Å². The summed E-state index contributed by atoms with van der Waals surface area (Å²) in [4.78, 5) is 9.45. The number of aryl methyl sites for hydroxylation is 1. The molecule has 0 aromatic heterocycles. The molecule has 0 bridgehead atoms. The normalized spacial score (nSPS) is 14.3. The number of benzene rings is 1. The largest absolute Gasteiger partial charge is 0.424 e. The Morgan fingerprint density at radius 1 is 1.53 bits per heavy atom. The van der Waals surface area contributed by atoms with Gasteiger partial charge in [-0.15, -0.1) is 6.58 Å². The number of hydrogen-bond donors (Lipinski definition) is 1. The third kappa shape index (κ3) is 3.54. The van der Waals surface area contributed by atoms with Crippen LogP contribution in [0, 0.1) is 0 Å². The average Bonchev–Trinajstić information content (AvgIpc) is 2.17. The minimum atomic E-state index is -3.57. The summed E-state index contributed by atoms with van der Waals surface area (Å²) in [5.74, 6) is 0.479. The lowest BCUT2D eigenvalue weighted by Gasteiger charge is -2.14. The minimum Gasteiger partial charge on any atom is -0.424 e. The van der Waals surface area contributed by atoms with Crippen molar-refractivity contribution in [2.75, 3.05) is 6.16 Å². The third-order valence-corrected chi connectivity index (χ3v) is 3.16. The van der Waals surface area contributed by atoms with Crippen molar-refractivity contribution in [3.05, 3.63) is 42.5 Å². The van der Waals surface area contributed by atoms with E-state index >= 15 is 0 Å². The van der Waals surface area contributed by atoms with Gasteiger partial charge in [-0.1, -0.05) is 31.2 Å². The fourth-order valence-electron chi connectivity index (χ4n) is 1.24. The van der Waals surface area contributed by atoms with E-state index in [4.69, 9.17) is 4.52 Å². The maximum atomic E-state index is 11.5. The van der Waals surface area contributed by atoms with Crippen molar-refractivity contribution in [2.24, 2.45) is 0 Å². The van der Waals surface area contributed by atoms with Crippen LogP contribution in [0.15, 0.2) is 36.9 Å². The van der Waals surface area contributed by atoms with E-state index in [-0.39, 0.29) is 6.16 Å². The van der Waals surface area contributed by atoms with Crippen LogP contribution in [0.2, 0.25) is 0 Å². The van der Waals surface area contributed by atoms with Crippen LogP contribution in [-0.2, 0) is 11.0 Å². The molecule has 0 amide bonds. The van der Waals surface area contributed by atoms with Crippen LogP contribution in [0.5, 0.6) is 5.75 Å². The lowest BCUT2D eigenvalue weighted by atomic mass is 10.1. The molecular formula is C11H15O3P. The van der Waals surface area contributed by atoms with Gasteiger partial charge in [0.15, 0.2) is 0 Å². The Morgan fingerprint density at radius 3 is 2.80 bits per heavy atom. The first-order valence-electron chi connectivity index (χ1n) is 4.79. The molecule has 1 N–H and O–H groups in total. The van der Waals surface area contributed by atoms with Crippen LogP contribution in [0.3, 0.4) is 0 Å². The fourth-order valence-corrected chi connectivity index (χ4v) is 2.13. The van der Waals surface area contributed by atoms with E-state index < -0.39 is 7.60 Å². The summed E-state index contributed by atoms with van der Waals surface area (Å²) in [5.41, 5.74) is 0.927. The summed E-state index contributed by atoms with van der Waals surface area (Å²) in [6.07, 6.45) is 2.12. The van der Waals surface area contributed by atoms with Gasteiger partial charge in [0, 0.05) is 0 Å². The van der Waals surface area contributed by atoms with E-state index in [1.165, 1.54) is 6.08 Å². The molecule has 4 heteroatoms. The molecule has 0 aliphatic heterocycles.